The Balaban J connectivity index is 1.73. The molecular formula is C28H18N2. The summed E-state index contributed by atoms with van der Waals surface area (Å²) in [6.45, 7) is 0. The van der Waals surface area contributed by atoms with Gasteiger partial charge < -0.3 is 9.88 Å². The number of anilines is 3. The van der Waals surface area contributed by atoms with Gasteiger partial charge in [-0.2, -0.15) is 0 Å². The van der Waals surface area contributed by atoms with Crippen LogP contribution in [-0.4, -0.2) is 4.98 Å². The van der Waals surface area contributed by atoms with Crippen LogP contribution in [0.1, 0.15) is 0 Å². The summed E-state index contributed by atoms with van der Waals surface area (Å²) in [6, 6.07) is 37.1. The number of hydrogen-bond donors (Lipinski definition) is 1. The second-order valence-corrected chi connectivity index (χ2v) is 7.91. The van der Waals surface area contributed by atoms with Crippen LogP contribution in [0, 0.1) is 0 Å². The molecule has 1 aliphatic heterocycles. The Morgan fingerprint density at radius 3 is 2.23 bits per heavy atom. The van der Waals surface area contributed by atoms with Crippen molar-refractivity contribution in [1.29, 1.82) is 0 Å². The van der Waals surface area contributed by atoms with Crippen molar-refractivity contribution < 1.29 is 0 Å². The van der Waals surface area contributed by atoms with Crippen LogP contribution >= 0.6 is 0 Å². The third kappa shape index (κ3) is 1.98. The number of hydrogen-bond acceptors (Lipinski definition) is 1. The Kier molecular flexibility index (Phi) is 3.03. The lowest BCUT2D eigenvalue weighted by Crippen LogP contribution is -2.15. The Hall–Kier alpha value is -4.04. The molecule has 2 heterocycles. The number of para-hydroxylation sites is 2. The van der Waals surface area contributed by atoms with Crippen LogP contribution in [0.5, 0.6) is 0 Å². The van der Waals surface area contributed by atoms with Crippen LogP contribution in [-0.2, 0) is 0 Å². The summed E-state index contributed by atoms with van der Waals surface area (Å²) in [6.07, 6.45) is 0. The largest absolute Gasteiger partial charge is 0.354 e. The monoisotopic (exact) mass is 382 g/mol. The van der Waals surface area contributed by atoms with Gasteiger partial charge in [0.1, 0.15) is 0 Å². The van der Waals surface area contributed by atoms with E-state index in [1.165, 1.54) is 60.8 Å². The number of nitrogens with one attached hydrogen (secondary N) is 1. The van der Waals surface area contributed by atoms with Crippen molar-refractivity contribution in [2.45, 2.75) is 0 Å². The molecule has 5 aromatic carbocycles. The molecule has 6 aromatic rings. The SMILES string of the molecule is c1ccc(N2c3cccc4cccc(c34)-c3ccc4[nH]c5ccccc5c4c32)cc1. The number of rotatable bonds is 1. The first-order chi connectivity index (χ1) is 14.9. The first kappa shape index (κ1) is 15.8. The van der Waals surface area contributed by atoms with Gasteiger partial charge in [-0.25, -0.2) is 0 Å². The highest BCUT2D eigenvalue weighted by Crippen LogP contribution is 2.54. The summed E-state index contributed by atoms with van der Waals surface area (Å²) in [5.41, 5.74) is 8.59. The number of aromatic amines is 1. The van der Waals surface area contributed by atoms with Gasteiger partial charge in [0, 0.05) is 38.4 Å². The van der Waals surface area contributed by atoms with E-state index in [0.717, 1.165) is 0 Å². The van der Waals surface area contributed by atoms with Crippen molar-refractivity contribution in [3.05, 3.63) is 103 Å². The van der Waals surface area contributed by atoms with Gasteiger partial charge in [-0.3, -0.25) is 0 Å². The molecule has 0 bridgehead atoms. The minimum atomic E-state index is 1.17. The highest BCUT2D eigenvalue weighted by atomic mass is 15.2. The molecule has 0 radical (unpaired) electrons. The van der Waals surface area contributed by atoms with E-state index in [1.807, 2.05) is 0 Å². The predicted octanol–water partition coefficient (Wildman–Crippen LogP) is 7.92. The molecule has 1 aromatic heterocycles. The zero-order valence-electron chi connectivity index (χ0n) is 16.3. The lowest BCUT2D eigenvalue weighted by atomic mass is 9.89. The van der Waals surface area contributed by atoms with E-state index < -0.39 is 0 Å². The minimum absolute atomic E-state index is 1.17. The van der Waals surface area contributed by atoms with Gasteiger partial charge >= 0.3 is 0 Å². The molecule has 7 rings (SSSR count). The molecule has 0 fully saturated rings. The van der Waals surface area contributed by atoms with E-state index in [0.29, 0.717) is 0 Å². The first-order valence-corrected chi connectivity index (χ1v) is 10.3. The van der Waals surface area contributed by atoms with Crippen molar-refractivity contribution in [1.82, 2.24) is 4.98 Å². The van der Waals surface area contributed by atoms with Crippen molar-refractivity contribution >= 4 is 49.6 Å². The van der Waals surface area contributed by atoms with Gasteiger partial charge in [0.05, 0.1) is 11.4 Å². The van der Waals surface area contributed by atoms with E-state index >= 15 is 0 Å². The molecule has 0 saturated carbocycles. The molecule has 0 spiro atoms. The van der Waals surface area contributed by atoms with E-state index in [4.69, 9.17) is 0 Å². The van der Waals surface area contributed by atoms with Gasteiger partial charge in [-0.1, -0.05) is 72.8 Å². The van der Waals surface area contributed by atoms with E-state index in [2.05, 4.69) is 113 Å². The van der Waals surface area contributed by atoms with Crippen molar-refractivity contribution in [3.8, 4) is 11.1 Å². The Morgan fingerprint density at radius 2 is 1.33 bits per heavy atom. The summed E-state index contributed by atoms with van der Waals surface area (Å²) >= 11 is 0. The summed E-state index contributed by atoms with van der Waals surface area (Å²) in [5.74, 6) is 0. The first-order valence-electron chi connectivity index (χ1n) is 10.3. The molecule has 0 aliphatic carbocycles. The van der Waals surface area contributed by atoms with Gasteiger partial charge in [0.15, 0.2) is 0 Å². The van der Waals surface area contributed by atoms with Crippen molar-refractivity contribution in [2.75, 3.05) is 4.90 Å². The molecular weight excluding hydrogens is 364 g/mol. The second kappa shape index (κ2) is 5.74. The number of nitrogens with zero attached hydrogens (tertiary/aromatic N) is 1. The van der Waals surface area contributed by atoms with E-state index in [-0.39, 0.29) is 0 Å². The molecule has 0 saturated heterocycles. The Morgan fingerprint density at radius 1 is 0.533 bits per heavy atom. The maximum atomic E-state index is 3.62. The molecule has 0 atom stereocenters. The number of benzene rings is 5. The van der Waals surface area contributed by atoms with Gasteiger partial charge in [-0.05, 0) is 41.3 Å². The summed E-state index contributed by atoms with van der Waals surface area (Å²) in [7, 11) is 0. The molecule has 1 aliphatic rings. The van der Waals surface area contributed by atoms with Gasteiger partial charge in [-0.15, -0.1) is 0 Å². The number of aromatic nitrogens is 1. The fraction of sp³-hybridized carbons (Fsp3) is 0. The van der Waals surface area contributed by atoms with Gasteiger partial charge in [0.2, 0.25) is 0 Å². The maximum absolute atomic E-state index is 3.62. The molecule has 1 N–H and O–H groups in total. The second-order valence-electron chi connectivity index (χ2n) is 7.91. The highest BCUT2D eigenvalue weighted by Gasteiger charge is 2.28. The van der Waals surface area contributed by atoms with Crippen LogP contribution in [0.2, 0.25) is 0 Å². The maximum Gasteiger partial charge on any atom is 0.0640 e. The van der Waals surface area contributed by atoms with Crippen LogP contribution in [0.25, 0.3) is 43.7 Å². The van der Waals surface area contributed by atoms with Crippen LogP contribution in [0.15, 0.2) is 103 Å². The quantitative estimate of drug-likeness (QED) is 0.305. The molecule has 0 unspecified atom stereocenters. The topological polar surface area (TPSA) is 19.0 Å². The standard InChI is InChI=1S/C28H18N2/c1-2-10-19(11-3-1)30-25-15-7-9-18-8-6-13-20(26(18)25)21-16-17-24-27(28(21)30)22-12-4-5-14-23(22)29-24/h1-17,29H. The zero-order valence-corrected chi connectivity index (χ0v) is 16.3. The molecule has 2 nitrogen and oxygen atoms in total. The molecule has 140 valence electrons. The zero-order chi connectivity index (χ0) is 19.7. The van der Waals surface area contributed by atoms with E-state index in [9.17, 15) is 0 Å². The normalized spacial score (nSPS) is 12.6. The third-order valence-corrected chi connectivity index (χ3v) is 6.30. The average Bonchev–Trinajstić information content (AvgIpc) is 3.19. The number of fused-ring (bicyclic) bond motifs is 6. The summed E-state index contributed by atoms with van der Waals surface area (Å²) in [5, 5.41) is 5.13. The number of H-pyrrole nitrogens is 1. The Bertz CT molecular complexity index is 1590. The average molecular weight is 382 g/mol. The summed E-state index contributed by atoms with van der Waals surface area (Å²) < 4.78 is 0. The van der Waals surface area contributed by atoms with Crippen LogP contribution < -0.4 is 4.90 Å². The van der Waals surface area contributed by atoms with Crippen molar-refractivity contribution in [2.24, 2.45) is 0 Å². The fourth-order valence-electron chi connectivity index (χ4n) is 5.07. The van der Waals surface area contributed by atoms with Crippen molar-refractivity contribution in [3.63, 3.8) is 0 Å². The molecule has 30 heavy (non-hydrogen) atoms. The van der Waals surface area contributed by atoms with Crippen LogP contribution in [0.4, 0.5) is 17.1 Å². The smallest absolute Gasteiger partial charge is 0.0640 e. The summed E-state index contributed by atoms with van der Waals surface area (Å²) in [4.78, 5) is 6.06. The van der Waals surface area contributed by atoms with Crippen LogP contribution in [0.3, 0.4) is 0 Å². The highest BCUT2D eigenvalue weighted by molar-refractivity contribution is 6.23. The minimum Gasteiger partial charge on any atom is -0.354 e. The Labute approximate surface area is 174 Å². The lowest BCUT2D eigenvalue weighted by Gasteiger charge is -2.34. The van der Waals surface area contributed by atoms with E-state index in [1.54, 1.807) is 0 Å². The third-order valence-electron chi connectivity index (χ3n) is 6.30. The molecule has 0 amide bonds. The predicted molar refractivity (Wildman–Crippen MR) is 127 cm³/mol. The fourth-order valence-corrected chi connectivity index (χ4v) is 5.07. The lowest BCUT2D eigenvalue weighted by molar-refractivity contribution is 1.30. The molecule has 2 heteroatoms. The van der Waals surface area contributed by atoms with Gasteiger partial charge in [0.25, 0.3) is 0 Å².